The van der Waals surface area contributed by atoms with E-state index >= 15 is 0 Å². The minimum absolute atomic E-state index is 0.134. The van der Waals surface area contributed by atoms with E-state index in [1.54, 1.807) is 0 Å². The van der Waals surface area contributed by atoms with Crippen molar-refractivity contribution in [2.24, 2.45) is 0 Å². The van der Waals surface area contributed by atoms with Crippen LogP contribution in [-0.2, 0) is 6.54 Å². The summed E-state index contributed by atoms with van der Waals surface area (Å²) in [4.78, 5) is 7.23. The Morgan fingerprint density at radius 3 is 2.33 bits per heavy atom. The number of hydrogen-bond donors (Lipinski definition) is 1. The van der Waals surface area contributed by atoms with Gasteiger partial charge in [-0.25, -0.2) is 4.98 Å². The van der Waals surface area contributed by atoms with Gasteiger partial charge in [-0.3, -0.25) is 0 Å². The summed E-state index contributed by atoms with van der Waals surface area (Å²) < 4.78 is 0. The lowest BCUT2D eigenvalue weighted by Crippen LogP contribution is -2.35. The molecule has 1 aromatic heterocycles. The summed E-state index contributed by atoms with van der Waals surface area (Å²) in [6.07, 6.45) is 1.15. The van der Waals surface area contributed by atoms with E-state index in [1.807, 2.05) is 0 Å². The molecule has 1 aromatic rings. The lowest BCUT2D eigenvalue weighted by atomic mass is 10.1. The molecule has 1 N–H and O–H groups in total. The molecule has 0 aliphatic heterocycles. The number of anilines is 1. The fourth-order valence-corrected chi connectivity index (χ4v) is 2.23. The Kier molecular flexibility index (Phi) is 6.66. The summed E-state index contributed by atoms with van der Waals surface area (Å²) in [6.45, 7) is 18.4. The first-order valence-electron chi connectivity index (χ1n) is 8.27. The van der Waals surface area contributed by atoms with Crippen LogP contribution in [-0.4, -0.2) is 23.6 Å². The maximum atomic E-state index is 4.87. The van der Waals surface area contributed by atoms with Crippen molar-refractivity contribution in [2.75, 3.05) is 18.0 Å². The zero-order chi connectivity index (χ0) is 16.0. The molecular weight excluding hydrogens is 258 g/mol. The highest BCUT2D eigenvalue weighted by Crippen LogP contribution is 2.21. The Morgan fingerprint density at radius 2 is 1.86 bits per heavy atom. The average Bonchev–Trinajstić information content (AvgIpc) is 2.41. The van der Waals surface area contributed by atoms with Crippen LogP contribution in [0.15, 0.2) is 12.1 Å². The van der Waals surface area contributed by atoms with Gasteiger partial charge in [-0.1, -0.05) is 20.8 Å². The van der Waals surface area contributed by atoms with Gasteiger partial charge in [0.2, 0.25) is 0 Å². The van der Waals surface area contributed by atoms with Crippen molar-refractivity contribution in [1.82, 2.24) is 10.3 Å². The number of nitrogens with one attached hydrogen (secondary N) is 1. The Labute approximate surface area is 131 Å². The van der Waals surface area contributed by atoms with Gasteiger partial charge in [0.1, 0.15) is 5.82 Å². The molecule has 1 heterocycles. The first-order valence-corrected chi connectivity index (χ1v) is 8.27. The third-order valence-corrected chi connectivity index (χ3v) is 3.51. The van der Waals surface area contributed by atoms with Crippen molar-refractivity contribution in [3.8, 4) is 0 Å². The third-order valence-electron chi connectivity index (χ3n) is 3.51. The second-order valence-corrected chi connectivity index (χ2v) is 7.10. The summed E-state index contributed by atoms with van der Waals surface area (Å²) >= 11 is 0. The molecule has 0 aliphatic rings. The van der Waals surface area contributed by atoms with Crippen LogP contribution in [0.3, 0.4) is 0 Å². The van der Waals surface area contributed by atoms with Crippen molar-refractivity contribution in [1.29, 1.82) is 0 Å². The van der Waals surface area contributed by atoms with E-state index in [1.165, 1.54) is 11.3 Å². The molecule has 0 aliphatic carbocycles. The van der Waals surface area contributed by atoms with Crippen LogP contribution < -0.4 is 10.2 Å². The largest absolute Gasteiger partial charge is 0.357 e. The van der Waals surface area contributed by atoms with Crippen LogP contribution in [0.4, 0.5) is 5.82 Å². The van der Waals surface area contributed by atoms with Gasteiger partial charge in [-0.15, -0.1) is 0 Å². The second-order valence-electron chi connectivity index (χ2n) is 7.10. The molecule has 0 saturated heterocycles. The van der Waals surface area contributed by atoms with Gasteiger partial charge >= 0.3 is 0 Å². The fourth-order valence-electron chi connectivity index (χ4n) is 2.23. The predicted molar refractivity (Wildman–Crippen MR) is 93.1 cm³/mol. The predicted octanol–water partition coefficient (Wildman–Crippen LogP) is 4.33. The highest BCUT2D eigenvalue weighted by Gasteiger charge is 2.13. The van der Waals surface area contributed by atoms with Gasteiger partial charge < -0.3 is 10.2 Å². The third kappa shape index (κ3) is 6.04. The van der Waals surface area contributed by atoms with Crippen molar-refractivity contribution >= 4 is 5.82 Å². The Bertz CT molecular complexity index is 433. The first kappa shape index (κ1) is 18.0. The molecule has 21 heavy (non-hydrogen) atoms. The summed E-state index contributed by atoms with van der Waals surface area (Å²) in [7, 11) is 0. The van der Waals surface area contributed by atoms with Gasteiger partial charge in [-0.2, -0.15) is 0 Å². The highest BCUT2D eigenvalue weighted by molar-refractivity contribution is 5.43. The zero-order valence-corrected chi connectivity index (χ0v) is 15.0. The molecule has 3 nitrogen and oxygen atoms in total. The smallest absolute Gasteiger partial charge is 0.129 e. The van der Waals surface area contributed by atoms with Gasteiger partial charge in [-0.05, 0) is 57.7 Å². The molecule has 120 valence electrons. The number of pyridine rings is 1. The monoisotopic (exact) mass is 291 g/mol. The SMILES string of the molecule is CCCN(CC)c1cc(CNC(C)(C)C)cc(C(C)C)n1. The summed E-state index contributed by atoms with van der Waals surface area (Å²) in [5, 5.41) is 3.57. The van der Waals surface area contributed by atoms with Crippen LogP contribution in [0.2, 0.25) is 0 Å². The quantitative estimate of drug-likeness (QED) is 0.810. The number of rotatable bonds is 7. The second kappa shape index (κ2) is 7.79. The van der Waals surface area contributed by atoms with Crippen LogP contribution in [0.1, 0.15) is 72.1 Å². The van der Waals surface area contributed by atoms with E-state index in [2.05, 4.69) is 70.8 Å². The highest BCUT2D eigenvalue weighted by atomic mass is 15.2. The zero-order valence-electron chi connectivity index (χ0n) is 15.0. The van der Waals surface area contributed by atoms with Crippen LogP contribution in [0.25, 0.3) is 0 Å². The van der Waals surface area contributed by atoms with E-state index in [-0.39, 0.29) is 5.54 Å². The van der Waals surface area contributed by atoms with E-state index in [4.69, 9.17) is 4.98 Å². The van der Waals surface area contributed by atoms with Crippen molar-refractivity contribution in [2.45, 2.75) is 72.9 Å². The molecular formula is C18H33N3. The minimum atomic E-state index is 0.134. The van der Waals surface area contributed by atoms with Crippen molar-refractivity contribution in [3.05, 3.63) is 23.4 Å². The lowest BCUT2D eigenvalue weighted by molar-refractivity contribution is 0.424. The van der Waals surface area contributed by atoms with E-state index in [0.29, 0.717) is 5.92 Å². The molecule has 0 unspecified atom stereocenters. The first-order chi connectivity index (χ1) is 9.76. The topological polar surface area (TPSA) is 28.2 Å². The van der Waals surface area contributed by atoms with E-state index < -0.39 is 0 Å². The molecule has 0 atom stereocenters. The van der Waals surface area contributed by atoms with E-state index in [0.717, 1.165) is 31.9 Å². The number of nitrogens with zero attached hydrogens (tertiary/aromatic N) is 2. The maximum absolute atomic E-state index is 4.87. The van der Waals surface area contributed by atoms with Gasteiger partial charge in [0.05, 0.1) is 0 Å². The number of aromatic nitrogens is 1. The molecule has 0 amide bonds. The average molecular weight is 291 g/mol. The molecule has 0 fully saturated rings. The van der Waals surface area contributed by atoms with E-state index in [9.17, 15) is 0 Å². The van der Waals surface area contributed by atoms with Crippen molar-refractivity contribution in [3.63, 3.8) is 0 Å². The van der Waals surface area contributed by atoms with Crippen molar-refractivity contribution < 1.29 is 0 Å². The molecule has 0 saturated carbocycles. The van der Waals surface area contributed by atoms with Gasteiger partial charge in [0, 0.05) is 30.9 Å². The summed E-state index contributed by atoms with van der Waals surface area (Å²) in [6, 6.07) is 4.48. The fraction of sp³-hybridized carbons (Fsp3) is 0.722. The Morgan fingerprint density at radius 1 is 1.19 bits per heavy atom. The standard InChI is InChI=1S/C18H33N3/c1-8-10-21(9-2)17-12-15(13-19-18(5,6)7)11-16(20-17)14(3)4/h11-12,14,19H,8-10,13H2,1-7H3. The Balaban J connectivity index is 3.05. The van der Waals surface area contributed by atoms with Gasteiger partial charge in [0.25, 0.3) is 0 Å². The molecule has 0 spiro atoms. The molecule has 0 aromatic carbocycles. The molecule has 0 bridgehead atoms. The molecule has 1 rings (SSSR count). The van der Waals surface area contributed by atoms with Crippen LogP contribution in [0, 0.1) is 0 Å². The molecule has 3 heteroatoms. The maximum Gasteiger partial charge on any atom is 0.129 e. The molecule has 0 radical (unpaired) electrons. The summed E-state index contributed by atoms with van der Waals surface area (Å²) in [5.41, 5.74) is 2.65. The van der Waals surface area contributed by atoms with Gasteiger partial charge in [0.15, 0.2) is 0 Å². The Hall–Kier alpha value is -1.09. The number of hydrogen-bond acceptors (Lipinski definition) is 3. The lowest BCUT2D eigenvalue weighted by Gasteiger charge is -2.25. The van der Waals surface area contributed by atoms with Crippen LogP contribution in [0.5, 0.6) is 0 Å². The minimum Gasteiger partial charge on any atom is -0.357 e. The normalized spacial score (nSPS) is 12.0. The summed E-state index contributed by atoms with van der Waals surface area (Å²) in [5.74, 6) is 1.58. The van der Waals surface area contributed by atoms with Crippen LogP contribution >= 0.6 is 0 Å².